The van der Waals surface area contributed by atoms with Gasteiger partial charge in [0.05, 0.1) is 0 Å². The second kappa shape index (κ2) is 7.51. The number of amides is 2. The van der Waals surface area contributed by atoms with Crippen LogP contribution in [0, 0.1) is 12.3 Å². The largest absolute Gasteiger partial charge is 0.481 e. The molecule has 2 heterocycles. The summed E-state index contributed by atoms with van der Waals surface area (Å²) in [4.78, 5) is 11.9. The zero-order valence-corrected chi connectivity index (χ0v) is 13.3. The Kier molecular flexibility index (Phi) is 4.96. The van der Waals surface area contributed by atoms with Crippen LogP contribution in [-0.2, 0) is 19.4 Å². The average Bonchev–Trinajstić information content (AvgIpc) is 3.19. The standard InChI is InChI=1S/C17H19N5O2/c1-2-12-24-14-7-5-13(6-8-14)19-17(23)18-10-9-16-21-20-15-4-3-11-22(15)16/h1,5-8H,3-4,9-12H2,(H2,18,19,23). The summed E-state index contributed by atoms with van der Waals surface area (Å²) in [6.45, 7) is 1.70. The molecule has 1 aliphatic rings. The molecule has 0 radical (unpaired) electrons. The van der Waals surface area contributed by atoms with Gasteiger partial charge < -0.3 is 19.9 Å². The smallest absolute Gasteiger partial charge is 0.319 e. The number of anilines is 1. The van der Waals surface area contributed by atoms with E-state index in [4.69, 9.17) is 11.2 Å². The monoisotopic (exact) mass is 325 g/mol. The molecule has 24 heavy (non-hydrogen) atoms. The molecule has 2 amide bonds. The summed E-state index contributed by atoms with van der Waals surface area (Å²) in [5.74, 6) is 5.04. The first-order valence-electron chi connectivity index (χ1n) is 7.88. The SMILES string of the molecule is C#CCOc1ccc(NC(=O)NCCc2nnc3n2CCC3)cc1. The third-order valence-corrected chi connectivity index (χ3v) is 3.75. The molecule has 0 spiro atoms. The number of urea groups is 1. The molecule has 0 unspecified atom stereocenters. The zero-order valence-electron chi connectivity index (χ0n) is 13.3. The van der Waals surface area contributed by atoms with Crippen molar-refractivity contribution in [2.45, 2.75) is 25.8 Å². The van der Waals surface area contributed by atoms with Crippen molar-refractivity contribution in [3.05, 3.63) is 35.9 Å². The normalized spacial score (nSPS) is 12.3. The lowest BCUT2D eigenvalue weighted by Gasteiger charge is -2.08. The predicted octanol–water partition coefficient (Wildman–Crippen LogP) is 1.60. The zero-order chi connectivity index (χ0) is 16.8. The fraction of sp³-hybridized carbons (Fsp3) is 0.353. The predicted molar refractivity (Wildman–Crippen MR) is 89.8 cm³/mol. The quantitative estimate of drug-likeness (QED) is 0.791. The van der Waals surface area contributed by atoms with Gasteiger partial charge in [-0.15, -0.1) is 16.6 Å². The molecule has 1 aromatic heterocycles. The molecule has 3 rings (SSSR count). The van der Waals surface area contributed by atoms with Gasteiger partial charge in [0, 0.05) is 31.6 Å². The minimum atomic E-state index is -0.256. The maximum atomic E-state index is 11.9. The van der Waals surface area contributed by atoms with Gasteiger partial charge in [-0.3, -0.25) is 0 Å². The van der Waals surface area contributed by atoms with E-state index < -0.39 is 0 Å². The lowest BCUT2D eigenvalue weighted by molar-refractivity contribution is 0.252. The minimum Gasteiger partial charge on any atom is -0.481 e. The van der Waals surface area contributed by atoms with Crippen LogP contribution in [0.15, 0.2) is 24.3 Å². The molecular weight excluding hydrogens is 306 g/mol. The molecule has 7 nitrogen and oxygen atoms in total. The molecule has 7 heteroatoms. The summed E-state index contributed by atoms with van der Waals surface area (Å²) in [5, 5.41) is 13.9. The summed E-state index contributed by atoms with van der Waals surface area (Å²) in [6.07, 6.45) is 7.91. The fourth-order valence-electron chi connectivity index (χ4n) is 2.62. The number of aromatic nitrogens is 3. The Labute approximate surface area is 140 Å². The molecule has 124 valence electrons. The van der Waals surface area contributed by atoms with Gasteiger partial charge in [0.15, 0.2) is 0 Å². The molecule has 0 saturated heterocycles. The van der Waals surface area contributed by atoms with Crippen molar-refractivity contribution in [2.24, 2.45) is 0 Å². The highest BCUT2D eigenvalue weighted by Gasteiger charge is 2.16. The van der Waals surface area contributed by atoms with Gasteiger partial charge in [-0.1, -0.05) is 5.92 Å². The number of hydrogen-bond acceptors (Lipinski definition) is 4. The lowest BCUT2D eigenvalue weighted by Crippen LogP contribution is -2.30. The second-order valence-corrected chi connectivity index (χ2v) is 5.44. The Hall–Kier alpha value is -3.01. The van der Waals surface area contributed by atoms with E-state index >= 15 is 0 Å². The van der Waals surface area contributed by atoms with Crippen molar-refractivity contribution < 1.29 is 9.53 Å². The number of hydrogen-bond donors (Lipinski definition) is 2. The van der Waals surface area contributed by atoms with Gasteiger partial charge in [0.1, 0.15) is 24.0 Å². The highest BCUT2D eigenvalue weighted by molar-refractivity contribution is 5.89. The molecule has 0 aliphatic carbocycles. The van der Waals surface area contributed by atoms with Crippen LogP contribution in [0.2, 0.25) is 0 Å². The Balaban J connectivity index is 1.43. The van der Waals surface area contributed by atoms with Crippen LogP contribution in [0.5, 0.6) is 5.75 Å². The first-order valence-corrected chi connectivity index (χ1v) is 7.88. The highest BCUT2D eigenvalue weighted by atomic mass is 16.5. The van der Waals surface area contributed by atoms with E-state index in [1.165, 1.54) is 0 Å². The van der Waals surface area contributed by atoms with E-state index in [0.29, 0.717) is 24.4 Å². The van der Waals surface area contributed by atoms with Crippen LogP contribution >= 0.6 is 0 Å². The summed E-state index contributed by atoms with van der Waals surface area (Å²) >= 11 is 0. The van der Waals surface area contributed by atoms with Gasteiger partial charge in [-0.25, -0.2) is 4.79 Å². The van der Waals surface area contributed by atoms with Gasteiger partial charge >= 0.3 is 6.03 Å². The summed E-state index contributed by atoms with van der Waals surface area (Å²) in [6, 6.07) is 6.78. The number of fused-ring (bicyclic) bond motifs is 1. The Morgan fingerprint density at radius 2 is 2.17 bits per heavy atom. The molecule has 0 fully saturated rings. The number of benzene rings is 1. The topological polar surface area (TPSA) is 81.1 Å². The Bertz CT molecular complexity index is 745. The fourth-order valence-corrected chi connectivity index (χ4v) is 2.62. The number of nitrogens with zero attached hydrogens (tertiary/aromatic N) is 3. The molecule has 0 atom stereocenters. The van der Waals surface area contributed by atoms with Gasteiger partial charge in [-0.2, -0.15) is 0 Å². The number of carbonyl (C=O) groups excluding carboxylic acids is 1. The van der Waals surface area contributed by atoms with E-state index in [9.17, 15) is 4.79 Å². The molecule has 1 aromatic carbocycles. The number of carbonyl (C=O) groups is 1. The minimum absolute atomic E-state index is 0.222. The van der Waals surface area contributed by atoms with Crippen LogP contribution in [0.25, 0.3) is 0 Å². The van der Waals surface area contributed by atoms with Crippen molar-refractivity contribution in [2.75, 3.05) is 18.5 Å². The number of aryl methyl sites for hydroxylation is 1. The number of rotatable bonds is 6. The summed E-state index contributed by atoms with van der Waals surface area (Å²) in [7, 11) is 0. The Morgan fingerprint density at radius 3 is 2.96 bits per heavy atom. The molecule has 2 aromatic rings. The van der Waals surface area contributed by atoms with Crippen LogP contribution in [0.4, 0.5) is 10.5 Å². The molecular formula is C17H19N5O2. The molecule has 2 N–H and O–H groups in total. The van der Waals surface area contributed by atoms with E-state index in [1.54, 1.807) is 24.3 Å². The number of terminal acetylenes is 1. The van der Waals surface area contributed by atoms with Crippen LogP contribution < -0.4 is 15.4 Å². The molecule has 0 bridgehead atoms. The molecule has 0 saturated carbocycles. The third-order valence-electron chi connectivity index (χ3n) is 3.75. The number of ether oxygens (including phenoxy) is 1. The molecule has 1 aliphatic heterocycles. The van der Waals surface area contributed by atoms with Crippen molar-refractivity contribution in [1.82, 2.24) is 20.1 Å². The van der Waals surface area contributed by atoms with E-state index in [2.05, 4.69) is 31.3 Å². The van der Waals surface area contributed by atoms with Gasteiger partial charge in [0.2, 0.25) is 0 Å². The second-order valence-electron chi connectivity index (χ2n) is 5.44. The lowest BCUT2D eigenvalue weighted by atomic mass is 10.3. The third kappa shape index (κ3) is 3.84. The summed E-state index contributed by atoms with van der Waals surface area (Å²) < 4.78 is 7.41. The van der Waals surface area contributed by atoms with Crippen molar-refractivity contribution >= 4 is 11.7 Å². The van der Waals surface area contributed by atoms with E-state index in [1.807, 2.05) is 0 Å². The van der Waals surface area contributed by atoms with E-state index in [0.717, 1.165) is 31.0 Å². The van der Waals surface area contributed by atoms with Gasteiger partial charge in [-0.05, 0) is 30.7 Å². The first-order chi connectivity index (χ1) is 11.8. The maximum absolute atomic E-state index is 11.9. The Morgan fingerprint density at radius 1 is 1.33 bits per heavy atom. The van der Waals surface area contributed by atoms with Crippen LogP contribution in [0.1, 0.15) is 18.1 Å². The van der Waals surface area contributed by atoms with Gasteiger partial charge in [0.25, 0.3) is 0 Å². The first kappa shape index (κ1) is 15.9. The average molecular weight is 325 g/mol. The van der Waals surface area contributed by atoms with E-state index in [-0.39, 0.29) is 12.6 Å². The highest BCUT2D eigenvalue weighted by Crippen LogP contribution is 2.16. The maximum Gasteiger partial charge on any atom is 0.319 e. The van der Waals surface area contributed by atoms with Crippen molar-refractivity contribution in [3.63, 3.8) is 0 Å². The number of nitrogens with one attached hydrogen (secondary N) is 2. The summed E-state index contributed by atoms with van der Waals surface area (Å²) in [5.41, 5.74) is 0.684. The van der Waals surface area contributed by atoms with Crippen molar-refractivity contribution in [1.29, 1.82) is 0 Å². The van der Waals surface area contributed by atoms with Crippen LogP contribution in [-0.4, -0.2) is 33.9 Å². The van der Waals surface area contributed by atoms with Crippen LogP contribution in [0.3, 0.4) is 0 Å². The van der Waals surface area contributed by atoms with Crippen molar-refractivity contribution in [3.8, 4) is 18.1 Å².